The van der Waals surface area contributed by atoms with E-state index in [-0.39, 0.29) is 11.9 Å². The Morgan fingerprint density at radius 1 is 1.30 bits per heavy atom. The number of hydrogen-bond acceptors (Lipinski definition) is 4. The zero-order chi connectivity index (χ0) is 16.8. The van der Waals surface area contributed by atoms with Crippen LogP contribution in [-0.4, -0.2) is 38.1 Å². The van der Waals surface area contributed by atoms with Crippen LogP contribution in [0.25, 0.3) is 0 Å². The molecule has 1 amide bonds. The number of quaternary nitrogens is 1. The van der Waals surface area contributed by atoms with Gasteiger partial charge in [-0.1, -0.05) is 13.8 Å². The second-order valence-electron chi connectivity index (χ2n) is 6.30. The minimum absolute atomic E-state index is 0.0235. The molecule has 0 aromatic carbocycles. The maximum atomic E-state index is 12.3. The molecular formula is C17H27N2O3S+. The molecule has 0 atom stereocenters. The maximum absolute atomic E-state index is 12.3. The maximum Gasteiger partial charge on any atom is 0.341 e. The van der Waals surface area contributed by atoms with Crippen molar-refractivity contribution in [2.24, 2.45) is 0 Å². The smallest absolute Gasteiger partial charge is 0.341 e. The molecule has 128 valence electrons. The summed E-state index contributed by atoms with van der Waals surface area (Å²) in [4.78, 5) is 26.8. The number of likely N-dealkylation sites (tertiary alicyclic amines) is 1. The average molecular weight is 339 g/mol. The van der Waals surface area contributed by atoms with Gasteiger partial charge in [0.2, 0.25) is 0 Å². The molecule has 1 aliphatic heterocycles. The lowest BCUT2D eigenvalue weighted by molar-refractivity contribution is -0.896. The van der Waals surface area contributed by atoms with Crippen LogP contribution < -0.4 is 10.2 Å². The highest BCUT2D eigenvalue weighted by molar-refractivity contribution is 7.16. The molecule has 1 aliphatic rings. The van der Waals surface area contributed by atoms with Crippen molar-refractivity contribution in [1.29, 1.82) is 0 Å². The number of carbonyl (C=O) groups excluding carboxylic acids is 2. The highest BCUT2D eigenvalue weighted by atomic mass is 32.1. The molecule has 2 heterocycles. The molecule has 1 fully saturated rings. The largest absolute Gasteiger partial charge is 0.462 e. The summed E-state index contributed by atoms with van der Waals surface area (Å²) in [5, 5.41) is 3.55. The molecule has 0 saturated carbocycles. The Hall–Kier alpha value is -1.40. The fraction of sp³-hybridized carbons (Fsp3) is 0.647. The molecular weight excluding hydrogens is 312 g/mol. The lowest BCUT2D eigenvalue weighted by Gasteiger charge is -2.22. The minimum Gasteiger partial charge on any atom is -0.462 e. The summed E-state index contributed by atoms with van der Waals surface area (Å²) < 4.78 is 5.10. The molecule has 1 aromatic rings. The molecule has 6 heteroatoms. The number of rotatable bonds is 6. The molecule has 0 bridgehead atoms. The molecule has 0 radical (unpaired) electrons. The molecule has 0 spiro atoms. The number of ether oxygens (including phenoxy) is 1. The van der Waals surface area contributed by atoms with Crippen LogP contribution in [0, 0.1) is 0 Å². The van der Waals surface area contributed by atoms with E-state index in [1.54, 1.807) is 6.92 Å². The molecule has 0 unspecified atom stereocenters. The van der Waals surface area contributed by atoms with Crippen molar-refractivity contribution in [3.63, 3.8) is 0 Å². The van der Waals surface area contributed by atoms with E-state index in [1.165, 1.54) is 35.5 Å². The van der Waals surface area contributed by atoms with Crippen molar-refractivity contribution >= 4 is 28.2 Å². The first-order chi connectivity index (χ1) is 11.0. The SMILES string of the molecule is CCOC(=O)c1cc(C(C)C)sc1NC(=O)C[NH+]1CCCCC1. The second-order valence-corrected chi connectivity index (χ2v) is 7.39. The van der Waals surface area contributed by atoms with Crippen LogP contribution >= 0.6 is 11.3 Å². The van der Waals surface area contributed by atoms with Crippen molar-refractivity contribution in [3.05, 3.63) is 16.5 Å². The number of amides is 1. The third-order valence-electron chi connectivity index (χ3n) is 4.04. The topological polar surface area (TPSA) is 59.8 Å². The van der Waals surface area contributed by atoms with Gasteiger partial charge in [-0.3, -0.25) is 4.79 Å². The summed E-state index contributed by atoms with van der Waals surface area (Å²) in [6, 6.07) is 1.84. The van der Waals surface area contributed by atoms with Gasteiger partial charge >= 0.3 is 5.97 Å². The Morgan fingerprint density at radius 3 is 2.61 bits per heavy atom. The number of anilines is 1. The van der Waals surface area contributed by atoms with Gasteiger partial charge in [0.05, 0.1) is 25.3 Å². The molecule has 2 rings (SSSR count). The van der Waals surface area contributed by atoms with Gasteiger partial charge in [-0.2, -0.15) is 0 Å². The van der Waals surface area contributed by atoms with Gasteiger partial charge < -0.3 is 15.0 Å². The van der Waals surface area contributed by atoms with Gasteiger partial charge in [0.25, 0.3) is 5.91 Å². The Morgan fingerprint density at radius 2 is 2.00 bits per heavy atom. The number of carbonyl (C=O) groups is 2. The number of esters is 1. The summed E-state index contributed by atoms with van der Waals surface area (Å²) in [5.74, 6) is -0.0765. The van der Waals surface area contributed by atoms with Crippen molar-refractivity contribution in [1.82, 2.24) is 0 Å². The molecule has 5 nitrogen and oxygen atoms in total. The fourth-order valence-corrected chi connectivity index (χ4v) is 3.84. The van der Waals surface area contributed by atoms with Gasteiger partial charge in [0.15, 0.2) is 6.54 Å². The van der Waals surface area contributed by atoms with Crippen molar-refractivity contribution in [2.75, 3.05) is 31.6 Å². The van der Waals surface area contributed by atoms with Crippen LogP contribution in [-0.2, 0) is 9.53 Å². The summed E-state index contributed by atoms with van der Waals surface area (Å²) in [6.07, 6.45) is 3.64. The summed E-state index contributed by atoms with van der Waals surface area (Å²) in [6.45, 7) is 8.84. The van der Waals surface area contributed by atoms with E-state index in [1.807, 2.05) is 6.07 Å². The number of nitrogens with one attached hydrogen (secondary N) is 2. The standard InChI is InChI=1S/C17H26N2O3S/c1-4-22-17(21)13-10-14(12(2)3)23-16(13)18-15(20)11-19-8-6-5-7-9-19/h10,12H,4-9,11H2,1-3H3,(H,18,20)/p+1. The third kappa shape index (κ3) is 5.04. The Balaban J connectivity index is 2.07. The average Bonchev–Trinajstić information content (AvgIpc) is 2.92. The quantitative estimate of drug-likeness (QED) is 0.780. The monoisotopic (exact) mass is 339 g/mol. The lowest BCUT2D eigenvalue weighted by Crippen LogP contribution is -3.13. The molecule has 23 heavy (non-hydrogen) atoms. The summed E-state index contributed by atoms with van der Waals surface area (Å²) >= 11 is 1.47. The van der Waals surface area contributed by atoms with Gasteiger partial charge in [-0.05, 0) is 38.2 Å². The van der Waals surface area contributed by atoms with Crippen LogP contribution in [0.2, 0.25) is 0 Å². The zero-order valence-electron chi connectivity index (χ0n) is 14.2. The predicted molar refractivity (Wildman–Crippen MR) is 92.4 cm³/mol. The van der Waals surface area contributed by atoms with E-state index >= 15 is 0 Å². The van der Waals surface area contributed by atoms with E-state index < -0.39 is 0 Å². The zero-order valence-corrected chi connectivity index (χ0v) is 15.1. The van der Waals surface area contributed by atoms with E-state index in [0.29, 0.717) is 29.6 Å². The second kappa shape index (κ2) is 8.45. The van der Waals surface area contributed by atoms with Crippen molar-refractivity contribution in [2.45, 2.75) is 46.0 Å². The highest BCUT2D eigenvalue weighted by Crippen LogP contribution is 2.33. The Bertz CT molecular complexity index is 548. The van der Waals surface area contributed by atoms with Crippen LogP contribution in [0.4, 0.5) is 5.00 Å². The lowest BCUT2D eigenvalue weighted by atomic mass is 10.1. The van der Waals surface area contributed by atoms with Crippen LogP contribution in [0.1, 0.15) is 61.2 Å². The predicted octanol–water partition coefficient (Wildman–Crippen LogP) is 2.06. The van der Waals surface area contributed by atoms with E-state index in [2.05, 4.69) is 19.2 Å². The van der Waals surface area contributed by atoms with Gasteiger partial charge in [-0.25, -0.2) is 4.79 Å². The first-order valence-corrected chi connectivity index (χ1v) is 9.27. The number of thiophene rings is 1. The number of hydrogen-bond donors (Lipinski definition) is 2. The third-order valence-corrected chi connectivity index (χ3v) is 5.39. The van der Waals surface area contributed by atoms with Crippen molar-refractivity contribution < 1.29 is 19.2 Å². The first kappa shape index (κ1) is 17.9. The molecule has 1 aromatic heterocycles. The van der Waals surface area contributed by atoms with Crippen molar-refractivity contribution in [3.8, 4) is 0 Å². The summed E-state index contributed by atoms with van der Waals surface area (Å²) in [7, 11) is 0. The van der Waals surface area contributed by atoms with Crippen LogP contribution in [0.5, 0.6) is 0 Å². The minimum atomic E-state index is -0.365. The van der Waals surface area contributed by atoms with E-state index in [4.69, 9.17) is 4.74 Å². The van der Waals surface area contributed by atoms with Gasteiger partial charge in [-0.15, -0.1) is 11.3 Å². The van der Waals surface area contributed by atoms with Gasteiger partial charge in [0.1, 0.15) is 5.00 Å². The van der Waals surface area contributed by atoms with Gasteiger partial charge in [0, 0.05) is 4.88 Å². The molecule has 1 saturated heterocycles. The summed E-state index contributed by atoms with van der Waals surface area (Å²) in [5.41, 5.74) is 0.475. The number of piperidine rings is 1. The first-order valence-electron chi connectivity index (χ1n) is 8.45. The molecule has 0 aliphatic carbocycles. The molecule has 2 N–H and O–H groups in total. The van der Waals surface area contributed by atoms with Crippen LogP contribution in [0.15, 0.2) is 6.07 Å². The van der Waals surface area contributed by atoms with E-state index in [0.717, 1.165) is 18.0 Å². The fourth-order valence-electron chi connectivity index (χ4n) is 2.77. The van der Waals surface area contributed by atoms with E-state index in [9.17, 15) is 9.59 Å². The van der Waals surface area contributed by atoms with Crippen LogP contribution in [0.3, 0.4) is 0 Å². The Kier molecular flexibility index (Phi) is 6.59. The highest BCUT2D eigenvalue weighted by Gasteiger charge is 2.22. The normalized spacial score (nSPS) is 15.7. The Labute approximate surface area is 142 Å².